The van der Waals surface area contributed by atoms with Gasteiger partial charge in [0.05, 0.1) is 17.3 Å². The summed E-state index contributed by atoms with van der Waals surface area (Å²) in [4.78, 5) is 12.0. The topological polar surface area (TPSA) is 53.2 Å². The minimum atomic E-state index is -4.59. The summed E-state index contributed by atoms with van der Waals surface area (Å²) in [5.74, 6) is -1.06. The molecule has 2 aromatic rings. The van der Waals surface area contributed by atoms with Gasteiger partial charge in [0, 0.05) is 12.1 Å². The smallest absolute Gasteiger partial charge is 0.352 e. The number of hydrazine groups is 1. The van der Waals surface area contributed by atoms with Crippen LogP contribution < -0.4 is 16.2 Å². The first kappa shape index (κ1) is 20.9. The van der Waals surface area contributed by atoms with Gasteiger partial charge in [-0.1, -0.05) is 6.07 Å². The molecule has 154 valence electrons. The molecule has 0 spiro atoms. The van der Waals surface area contributed by atoms with Crippen LogP contribution in [-0.4, -0.2) is 18.5 Å². The second-order valence-electron chi connectivity index (χ2n) is 6.90. The second-order valence-corrected chi connectivity index (χ2v) is 6.90. The van der Waals surface area contributed by atoms with E-state index in [-0.39, 0.29) is 23.9 Å². The van der Waals surface area contributed by atoms with Crippen molar-refractivity contribution in [3.63, 3.8) is 0 Å². The quantitative estimate of drug-likeness (QED) is 0.658. The molecule has 1 aliphatic rings. The number of carbonyl (C=O) groups is 1. The Balaban J connectivity index is 1.77. The highest BCUT2D eigenvalue weighted by Crippen LogP contribution is 2.31. The van der Waals surface area contributed by atoms with Crippen molar-refractivity contribution in [1.82, 2.24) is 16.2 Å². The molecule has 1 amide bonds. The largest absolute Gasteiger partial charge is 0.416 e. The van der Waals surface area contributed by atoms with E-state index in [4.69, 9.17) is 0 Å². The third-order valence-electron chi connectivity index (χ3n) is 4.62. The van der Waals surface area contributed by atoms with Crippen LogP contribution in [0.15, 0.2) is 42.5 Å². The minimum absolute atomic E-state index is 0.146. The van der Waals surface area contributed by atoms with Crippen molar-refractivity contribution in [2.75, 3.05) is 6.54 Å². The van der Waals surface area contributed by atoms with Crippen molar-refractivity contribution in [1.29, 1.82) is 0 Å². The predicted molar refractivity (Wildman–Crippen MR) is 102 cm³/mol. The van der Waals surface area contributed by atoms with E-state index in [9.17, 15) is 22.4 Å². The Morgan fingerprint density at radius 1 is 1.17 bits per heavy atom. The van der Waals surface area contributed by atoms with Crippen LogP contribution in [0.1, 0.15) is 39.5 Å². The van der Waals surface area contributed by atoms with Gasteiger partial charge in [0.1, 0.15) is 5.82 Å². The predicted octanol–water partition coefficient (Wildman–Crippen LogP) is 3.96. The molecule has 0 bridgehead atoms. The molecular weight excluding hydrogens is 386 g/mol. The summed E-state index contributed by atoms with van der Waals surface area (Å²) < 4.78 is 52.2. The fourth-order valence-electron chi connectivity index (χ4n) is 3.26. The summed E-state index contributed by atoms with van der Waals surface area (Å²) in [6.45, 7) is 4.21. The van der Waals surface area contributed by atoms with Gasteiger partial charge in [0.25, 0.3) is 5.91 Å². The number of amides is 1. The lowest BCUT2D eigenvalue weighted by Gasteiger charge is -2.12. The summed E-state index contributed by atoms with van der Waals surface area (Å²) in [7, 11) is 0. The van der Waals surface area contributed by atoms with E-state index in [2.05, 4.69) is 16.2 Å². The molecule has 0 saturated carbocycles. The number of alkyl halides is 3. The molecule has 3 N–H and O–H groups in total. The number of halogens is 4. The minimum Gasteiger partial charge on any atom is -0.352 e. The van der Waals surface area contributed by atoms with Gasteiger partial charge in [0.2, 0.25) is 0 Å². The molecule has 0 radical (unpaired) electrons. The first-order chi connectivity index (χ1) is 13.7. The molecule has 0 aromatic heterocycles. The zero-order valence-electron chi connectivity index (χ0n) is 16.0. The maximum atomic E-state index is 13.6. The van der Waals surface area contributed by atoms with Gasteiger partial charge in [-0.05, 0) is 73.4 Å². The van der Waals surface area contributed by atoms with Crippen LogP contribution in [0.5, 0.6) is 0 Å². The normalized spacial score (nSPS) is 16.3. The monoisotopic (exact) mass is 407 g/mol. The number of rotatable bonds is 5. The fourth-order valence-corrected chi connectivity index (χ4v) is 3.26. The Hall–Kier alpha value is -2.87. The SMILES string of the molecule is CCNC(=O)c1ccc(C2=CC(Cc3cc(F)cc(C(F)(F)F)c3)NN2)cc1C. The molecular formula is C21H21F4N3O. The Kier molecular flexibility index (Phi) is 5.93. The van der Waals surface area contributed by atoms with Gasteiger partial charge in [-0.2, -0.15) is 13.2 Å². The van der Waals surface area contributed by atoms with Gasteiger partial charge >= 0.3 is 6.18 Å². The van der Waals surface area contributed by atoms with Crippen LogP contribution >= 0.6 is 0 Å². The highest BCUT2D eigenvalue weighted by molar-refractivity contribution is 5.96. The average Bonchev–Trinajstić information content (AvgIpc) is 3.09. The van der Waals surface area contributed by atoms with Crippen LogP contribution in [-0.2, 0) is 12.6 Å². The number of nitrogens with one attached hydrogen (secondary N) is 3. The lowest BCUT2D eigenvalue weighted by atomic mass is 10.0. The van der Waals surface area contributed by atoms with E-state index in [0.29, 0.717) is 18.2 Å². The number of carbonyl (C=O) groups excluding carboxylic acids is 1. The zero-order valence-corrected chi connectivity index (χ0v) is 16.0. The zero-order chi connectivity index (χ0) is 21.2. The Bertz CT molecular complexity index is 953. The standard InChI is InChI=1S/C21H21F4N3O/c1-3-26-20(29)18-5-4-14(6-12(18)2)19-11-17(27-28-19)9-13-7-15(21(23,24)25)10-16(22)8-13/h4-8,10-11,17,27-28H,3,9H2,1-2H3,(H,26,29). The first-order valence-corrected chi connectivity index (χ1v) is 9.16. The third kappa shape index (κ3) is 4.95. The van der Waals surface area contributed by atoms with Crippen molar-refractivity contribution in [3.8, 4) is 0 Å². The summed E-state index contributed by atoms with van der Waals surface area (Å²) in [6, 6.07) is 7.63. The van der Waals surface area contributed by atoms with Crippen LogP contribution in [0.2, 0.25) is 0 Å². The molecule has 0 fully saturated rings. The molecule has 3 rings (SSSR count). The second kappa shape index (κ2) is 8.24. The third-order valence-corrected chi connectivity index (χ3v) is 4.62. The molecule has 1 heterocycles. The summed E-state index contributed by atoms with van der Waals surface area (Å²) in [5, 5.41) is 2.75. The van der Waals surface area contributed by atoms with E-state index >= 15 is 0 Å². The summed E-state index contributed by atoms with van der Waals surface area (Å²) >= 11 is 0. The fraction of sp³-hybridized carbons (Fsp3) is 0.286. The van der Waals surface area contributed by atoms with Crippen LogP contribution in [0, 0.1) is 12.7 Å². The van der Waals surface area contributed by atoms with Crippen molar-refractivity contribution in [3.05, 3.63) is 76.1 Å². The molecule has 0 saturated heterocycles. The maximum absolute atomic E-state index is 13.6. The highest BCUT2D eigenvalue weighted by Gasteiger charge is 2.31. The molecule has 4 nitrogen and oxygen atoms in total. The molecule has 1 atom stereocenters. The highest BCUT2D eigenvalue weighted by atomic mass is 19.4. The van der Waals surface area contributed by atoms with E-state index < -0.39 is 17.6 Å². The van der Waals surface area contributed by atoms with Crippen molar-refractivity contribution < 1.29 is 22.4 Å². The Labute approximate surface area is 166 Å². The maximum Gasteiger partial charge on any atom is 0.416 e. The molecule has 1 aliphatic heterocycles. The Morgan fingerprint density at radius 3 is 2.59 bits per heavy atom. The van der Waals surface area contributed by atoms with Crippen molar-refractivity contribution in [2.24, 2.45) is 0 Å². The van der Waals surface area contributed by atoms with Crippen LogP contribution in [0.3, 0.4) is 0 Å². The van der Waals surface area contributed by atoms with Gasteiger partial charge < -0.3 is 10.7 Å². The molecule has 2 aromatic carbocycles. The van der Waals surface area contributed by atoms with Gasteiger partial charge in [-0.15, -0.1) is 0 Å². The first-order valence-electron chi connectivity index (χ1n) is 9.16. The summed E-state index contributed by atoms with van der Waals surface area (Å²) in [6.07, 6.45) is -2.57. The molecule has 1 unspecified atom stereocenters. The molecule has 8 heteroatoms. The van der Waals surface area contributed by atoms with Gasteiger partial charge in [-0.25, -0.2) is 9.82 Å². The molecule has 29 heavy (non-hydrogen) atoms. The Morgan fingerprint density at radius 2 is 1.93 bits per heavy atom. The van der Waals surface area contributed by atoms with E-state index in [0.717, 1.165) is 29.0 Å². The van der Waals surface area contributed by atoms with E-state index in [1.54, 1.807) is 12.1 Å². The lowest BCUT2D eigenvalue weighted by molar-refractivity contribution is -0.137. The van der Waals surface area contributed by atoms with Crippen LogP contribution in [0.4, 0.5) is 17.6 Å². The summed E-state index contributed by atoms with van der Waals surface area (Å²) in [5.41, 5.74) is 8.19. The van der Waals surface area contributed by atoms with E-state index in [1.165, 1.54) is 0 Å². The van der Waals surface area contributed by atoms with Crippen LogP contribution in [0.25, 0.3) is 5.70 Å². The van der Waals surface area contributed by atoms with Crippen molar-refractivity contribution >= 4 is 11.6 Å². The number of benzene rings is 2. The number of hydrogen-bond acceptors (Lipinski definition) is 3. The van der Waals surface area contributed by atoms with Gasteiger partial charge in [0.15, 0.2) is 0 Å². The van der Waals surface area contributed by atoms with Crippen molar-refractivity contribution in [2.45, 2.75) is 32.5 Å². The number of hydrogen-bond donors (Lipinski definition) is 3. The molecule has 0 aliphatic carbocycles. The number of aryl methyl sites for hydroxylation is 1. The average molecular weight is 407 g/mol. The lowest BCUT2D eigenvalue weighted by Crippen LogP contribution is -2.33. The van der Waals surface area contributed by atoms with Gasteiger partial charge in [-0.3, -0.25) is 4.79 Å². The van der Waals surface area contributed by atoms with E-state index in [1.807, 2.05) is 26.0 Å².